The van der Waals surface area contributed by atoms with E-state index in [1.807, 2.05) is 0 Å². The zero-order valence-corrected chi connectivity index (χ0v) is 7.23. The highest BCUT2D eigenvalue weighted by Gasteiger charge is 2.28. The third-order valence-electron chi connectivity index (χ3n) is 1.16. The molecule has 0 saturated heterocycles. The van der Waals surface area contributed by atoms with Crippen molar-refractivity contribution in [3.8, 4) is 0 Å². The molecule has 0 heterocycles. The Bertz CT molecular complexity index is 122. The molecule has 0 bridgehead atoms. The van der Waals surface area contributed by atoms with E-state index in [0.717, 1.165) is 0 Å². The summed E-state index contributed by atoms with van der Waals surface area (Å²) in [6.45, 7) is 0. The van der Waals surface area contributed by atoms with Crippen LogP contribution in [0.15, 0.2) is 0 Å². The molecule has 0 saturated carbocycles. The second-order valence-electron chi connectivity index (χ2n) is 2.02. The van der Waals surface area contributed by atoms with Crippen molar-refractivity contribution in [3.63, 3.8) is 0 Å². The molecule has 66 valence electrons. The normalized spacial score (nSPS) is 18.9. The molecule has 0 spiro atoms. The summed E-state index contributed by atoms with van der Waals surface area (Å²) in [6, 6.07) is 0. The molecule has 0 rings (SSSR count). The molecular formula is C6H8BrF3O. The van der Waals surface area contributed by atoms with Crippen LogP contribution in [0.2, 0.25) is 0 Å². The number of carbonyl (C=O) groups is 1. The van der Waals surface area contributed by atoms with Gasteiger partial charge >= 0.3 is 0 Å². The maximum absolute atomic E-state index is 12.4. The lowest BCUT2D eigenvalue weighted by atomic mass is 10.1. The van der Waals surface area contributed by atoms with E-state index in [2.05, 4.69) is 15.9 Å². The Morgan fingerprint density at radius 2 is 1.91 bits per heavy atom. The number of hydrogen-bond donors (Lipinski definition) is 0. The maximum atomic E-state index is 12.4. The molecule has 0 N–H and O–H groups in total. The van der Waals surface area contributed by atoms with Gasteiger partial charge in [-0.3, -0.25) is 4.79 Å². The second-order valence-corrected chi connectivity index (χ2v) is 2.81. The first kappa shape index (κ1) is 10.9. The molecule has 0 amide bonds. The number of rotatable bonds is 5. The van der Waals surface area contributed by atoms with Crippen LogP contribution in [0.1, 0.15) is 6.42 Å². The summed E-state index contributed by atoms with van der Waals surface area (Å²) in [5, 5.41) is 0.250. The molecule has 11 heavy (non-hydrogen) atoms. The van der Waals surface area contributed by atoms with Crippen LogP contribution in [0.3, 0.4) is 0 Å². The quantitative estimate of drug-likeness (QED) is 0.524. The molecule has 0 aromatic rings. The van der Waals surface area contributed by atoms with E-state index in [-0.39, 0.29) is 18.0 Å². The first-order chi connectivity index (χ1) is 5.13. The molecule has 0 aliphatic carbocycles. The third-order valence-corrected chi connectivity index (χ3v) is 1.62. The van der Waals surface area contributed by atoms with Crippen molar-refractivity contribution in [1.29, 1.82) is 0 Å². The minimum atomic E-state index is -2.34. The molecule has 0 aromatic heterocycles. The van der Waals surface area contributed by atoms with Crippen molar-refractivity contribution in [2.24, 2.45) is 0 Å². The Balaban J connectivity index is 3.79. The van der Waals surface area contributed by atoms with Gasteiger partial charge in [0.25, 0.3) is 0 Å². The summed E-state index contributed by atoms with van der Waals surface area (Å²) in [6.07, 6.45) is -6.94. The van der Waals surface area contributed by atoms with Gasteiger partial charge in [0, 0.05) is 5.33 Å². The Morgan fingerprint density at radius 3 is 2.27 bits per heavy atom. The number of hydrogen-bond acceptors (Lipinski definition) is 1. The first-order valence-electron chi connectivity index (χ1n) is 3.07. The number of halogens is 4. The molecule has 3 atom stereocenters. The number of alkyl halides is 4. The van der Waals surface area contributed by atoms with Gasteiger partial charge in [0.15, 0.2) is 18.6 Å². The van der Waals surface area contributed by atoms with Crippen LogP contribution in [-0.2, 0) is 4.79 Å². The van der Waals surface area contributed by atoms with Gasteiger partial charge in [-0.25, -0.2) is 13.2 Å². The highest BCUT2D eigenvalue weighted by Crippen LogP contribution is 2.14. The second kappa shape index (κ2) is 5.57. The van der Waals surface area contributed by atoms with Gasteiger partial charge < -0.3 is 0 Å². The van der Waals surface area contributed by atoms with Gasteiger partial charge in [0.05, 0.1) is 0 Å². The average Bonchev–Trinajstić information content (AvgIpc) is 2.02. The summed E-state index contributed by atoms with van der Waals surface area (Å²) >= 11 is 2.87. The summed E-state index contributed by atoms with van der Waals surface area (Å²) in [5.41, 5.74) is 0. The van der Waals surface area contributed by atoms with E-state index >= 15 is 0 Å². The molecule has 5 heteroatoms. The van der Waals surface area contributed by atoms with E-state index in [1.165, 1.54) is 0 Å². The Morgan fingerprint density at radius 1 is 1.36 bits per heavy atom. The Hall–Kier alpha value is -0.0600. The standard InChI is InChI=1S/C6H8BrF3O/c7-2-1-4(8)6(10)5(9)3-11/h3-6H,1-2H2. The van der Waals surface area contributed by atoms with Crippen LogP contribution < -0.4 is 0 Å². The molecular weight excluding hydrogens is 225 g/mol. The third kappa shape index (κ3) is 3.74. The molecule has 3 unspecified atom stereocenters. The van der Waals surface area contributed by atoms with E-state index in [0.29, 0.717) is 0 Å². The van der Waals surface area contributed by atoms with E-state index in [4.69, 9.17) is 0 Å². The van der Waals surface area contributed by atoms with Crippen molar-refractivity contribution in [1.82, 2.24) is 0 Å². The maximum Gasteiger partial charge on any atom is 0.189 e. The van der Waals surface area contributed by atoms with Crippen LogP contribution in [0.5, 0.6) is 0 Å². The smallest absolute Gasteiger partial charge is 0.189 e. The van der Waals surface area contributed by atoms with Gasteiger partial charge in [0.2, 0.25) is 0 Å². The van der Waals surface area contributed by atoms with Gasteiger partial charge in [0.1, 0.15) is 6.17 Å². The average molecular weight is 233 g/mol. The molecule has 0 radical (unpaired) electrons. The topological polar surface area (TPSA) is 17.1 Å². The van der Waals surface area contributed by atoms with Crippen LogP contribution >= 0.6 is 15.9 Å². The van der Waals surface area contributed by atoms with Crippen molar-refractivity contribution < 1.29 is 18.0 Å². The Kier molecular flexibility index (Phi) is 5.54. The van der Waals surface area contributed by atoms with Crippen LogP contribution in [-0.4, -0.2) is 30.1 Å². The van der Waals surface area contributed by atoms with E-state index in [9.17, 15) is 18.0 Å². The summed E-state index contributed by atoms with van der Waals surface area (Å²) in [4.78, 5) is 9.66. The summed E-state index contributed by atoms with van der Waals surface area (Å²) in [5.74, 6) is 0. The number of aldehydes is 1. The molecule has 0 aliphatic heterocycles. The largest absolute Gasteiger partial charge is 0.300 e. The number of carbonyl (C=O) groups excluding carboxylic acids is 1. The first-order valence-corrected chi connectivity index (χ1v) is 4.19. The van der Waals surface area contributed by atoms with Crippen LogP contribution in [0.4, 0.5) is 13.2 Å². The zero-order chi connectivity index (χ0) is 8.85. The fourth-order valence-electron chi connectivity index (χ4n) is 0.538. The van der Waals surface area contributed by atoms with Crippen LogP contribution in [0, 0.1) is 0 Å². The minimum Gasteiger partial charge on any atom is -0.300 e. The summed E-state index contributed by atoms with van der Waals surface area (Å²) in [7, 11) is 0. The lowest BCUT2D eigenvalue weighted by Crippen LogP contribution is -2.29. The highest BCUT2D eigenvalue weighted by molar-refractivity contribution is 9.09. The zero-order valence-electron chi connectivity index (χ0n) is 5.64. The lowest BCUT2D eigenvalue weighted by molar-refractivity contribution is -0.115. The fraction of sp³-hybridized carbons (Fsp3) is 0.833. The molecule has 0 fully saturated rings. The lowest BCUT2D eigenvalue weighted by Gasteiger charge is -2.11. The Labute approximate surface area is 71.1 Å². The van der Waals surface area contributed by atoms with E-state index in [1.54, 1.807) is 0 Å². The van der Waals surface area contributed by atoms with Gasteiger partial charge in [-0.05, 0) is 6.42 Å². The van der Waals surface area contributed by atoms with Gasteiger partial charge in [-0.15, -0.1) is 0 Å². The van der Waals surface area contributed by atoms with Crippen molar-refractivity contribution in [2.75, 3.05) is 5.33 Å². The van der Waals surface area contributed by atoms with Crippen molar-refractivity contribution >= 4 is 22.2 Å². The van der Waals surface area contributed by atoms with Gasteiger partial charge in [-0.2, -0.15) is 0 Å². The SMILES string of the molecule is O=CC(F)C(F)C(F)CCBr. The predicted molar refractivity (Wildman–Crippen MR) is 39.2 cm³/mol. The highest BCUT2D eigenvalue weighted by atomic mass is 79.9. The van der Waals surface area contributed by atoms with Crippen LogP contribution in [0.25, 0.3) is 0 Å². The molecule has 1 nitrogen and oxygen atoms in total. The fourth-order valence-corrected chi connectivity index (χ4v) is 0.975. The van der Waals surface area contributed by atoms with E-state index < -0.39 is 18.5 Å². The molecule has 0 aliphatic rings. The van der Waals surface area contributed by atoms with Crippen molar-refractivity contribution in [2.45, 2.75) is 24.9 Å². The van der Waals surface area contributed by atoms with Crippen molar-refractivity contribution in [3.05, 3.63) is 0 Å². The van der Waals surface area contributed by atoms with Gasteiger partial charge in [-0.1, -0.05) is 15.9 Å². The molecule has 0 aromatic carbocycles. The minimum absolute atomic E-state index is 0.130. The monoisotopic (exact) mass is 232 g/mol. The summed E-state index contributed by atoms with van der Waals surface area (Å²) < 4.78 is 36.9. The predicted octanol–water partition coefficient (Wildman–Crippen LogP) is 1.98.